The number of aliphatic hydroxyl groups is 1. The third-order valence-electron chi connectivity index (χ3n) is 5.83. The normalized spacial score (nSPS) is 28.9. The topological polar surface area (TPSA) is 85.4 Å². The molecule has 4 atom stereocenters. The summed E-state index contributed by atoms with van der Waals surface area (Å²) in [6.45, 7) is 2.95. The molecule has 0 radical (unpaired) electrons. The van der Waals surface area contributed by atoms with Crippen LogP contribution in [0.15, 0.2) is 59.5 Å². The Balaban J connectivity index is 1.52. The molecule has 2 aliphatic rings. The summed E-state index contributed by atoms with van der Waals surface area (Å²) in [6, 6.07) is 16.5. The fourth-order valence-electron chi connectivity index (χ4n) is 3.97. The zero-order valence-corrected chi connectivity index (χ0v) is 17.9. The Morgan fingerprint density at radius 2 is 1.87 bits per heavy atom. The fourth-order valence-corrected chi connectivity index (χ4v) is 5.90. The molecule has 0 bridgehead atoms. The lowest BCUT2D eigenvalue weighted by Gasteiger charge is -2.30. The summed E-state index contributed by atoms with van der Waals surface area (Å²) in [6.07, 6.45) is -0.424. The van der Waals surface area contributed by atoms with Gasteiger partial charge in [-0.1, -0.05) is 48.0 Å². The van der Waals surface area contributed by atoms with Gasteiger partial charge in [0, 0.05) is 13.0 Å². The van der Waals surface area contributed by atoms with Crippen LogP contribution in [0.4, 0.5) is 0 Å². The van der Waals surface area contributed by atoms with E-state index in [0.717, 1.165) is 17.5 Å². The van der Waals surface area contributed by atoms with Crippen LogP contribution in [0, 0.1) is 6.92 Å². The van der Waals surface area contributed by atoms with Crippen LogP contribution in [0.3, 0.4) is 0 Å². The molecular weight excluding hydrogens is 404 g/mol. The molecule has 2 aliphatic heterocycles. The van der Waals surface area contributed by atoms with Gasteiger partial charge in [0.15, 0.2) is 0 Å². The molecule has 0 spiro atoms. The van der Waals surface area contributed by atoms with Crippen LogP contribution >= 0.6 is 0 Å². The Labute approximate surface area is 177 Å². The zero-order chi connectivity index (χ0) is 21.2. The number of benzene rings is 2. The minimum Gasteiger partial charge on any atom is -0.390 e. The highest BCUT2D eigenvalue weighted by atomic mass is 32.2. The van der Waals surface area contributed by atoms with E-state index < -0.39 is 33.1 Å². The molecule has 0 unspecified atom stereocenters. The quantitative estimate of drug-likeness (QED) is 0.646. The number of hydrogen-bond donors (Lipinski definition) is 1. The van der Waals surface area contributed by atoms with Crippen molar-refractivity contribution in [1.82, 2.24) is 0 Å². The standard InChI is InChI=1S/C23H28O6S/c1-17-9-11-19(12-10-17)30(25,26)23(14-21-20(24)8-5-13-28-21)22(29-23)16-27-15-18-6-3-2-4-7-18/h2-4,6-7,9-12,20-22,24H,5,8,13-16H2,1H3/t20-,21+,22-,23-/m0/s1. The molecule has 0 aliphatic carbocycles. The average molecular weight is 433 g/mol. The van der Waals surface area contributed by atoms with E-state index in [4.69, 9.17) is 14.2 Å². The lowest BCUT2D eigenvalue weighted by molar-refractivity contribution is -0.0811. The number of rotatable bonds is 8. The molecule has 0 saturated carbocycles. The highest BCUT2D eigenvalue weighted by molar-refractivity contribution is 7.93. The molecule has 162 valence electrons. The summed E-state index contributed by atoms with van der Waals surface area (Å²) in [4.78, 5) is -1.23. The predicted octanol–water partition coefficient (Wildman–Crippen LogP) is 3.01. The largest absolute Gasteiger partial charge is 0.390 e. The van der Waals surface area contributed by atoms with Crippen LogP contribution in [0.5, 0.6) is 0 Å². The lowest BCUT2D eigenvalue weighted by Crippen LogP contribution is -2.41. The Bertz CT molecular complexity index is 943. The van der Waals surface area contributed by atoms with E-state index in [0.29, 0.717) is 19.6 Å². The van der Waals surface area contributed by atoms with E-state index in [1.54, 1.807) is 24.3 Å². The number of aliphatic hydroxyl groups excluding tert-OH is 1. The van der Waals surface area contributed by atoms with E-state index in [-0.39, 0.29) is 17.9 Å². The molecule has 0 aromatic heterocycles. The fraction of sp³-hybridized carbons (Fsp3) is 0.478. The Kier molecular flexibility index (Phi) is 6.27. The number of ether oxygens (including phenoxy) is 3. The van der Waals surface area contributed by atoms with Crippen molar-refractivity contribution in [2.75, 3.05) is 13.2 Å². The second-order valence-corrected chi connectivity index (χ2v) is 10.2. The van der Waals surface area contributed by atoms with Gasteiger partial charge in [-0.3, -0.25) is 0 Å². The number of hydrogen-bond acceptors (Lipinski definition) is 6. The summed E-state index contributed by atoms with van der Waals surface area (Å²) in [5.74, 6) is 0. The molecule has 1 N–H and O–H groups in total. The molecular formula is C23H28O6S. The van der Waals surface area contributed by atoms with Gasteiger partial charge in [-0.15, -0.1) is 0 Å². The summed E-state index contributed by atoms with van der Waals surface area (Å²) < 4.78 is 44.4. The minimum atomic E-state index is -3.80. The highest BCUT2D eigenvalue weighted by Crippen LogP contribution is 2.50. The highest BCUT2D eigenvalue weighted by Gasteiger charge is 2.67. The lowest BCUT2D eigenvalue weighted by atomic mass is 10.0. The molecule has 2 heterocycles. The van der Waals surface area contributed by atoms with E-state index in [2.05, 4.69) is 0 Å². The van der Waals surface area contributed by atoms with Crippen molar-refractivity contribution in [2.45, 2.75) is 60.9 Å². The Hall–Kier alpha value is -1.77. The van der Waals surface area contributed by atoms with Crippen molar-refractivity contribution in [3.05, 3.63) is 65.7 Å². The molecule has 2 aromatic rings. The molecule has 30 heavy (non-hydrogen) atoms. The van der Waals surface area contributed by atoms with Gasteiger partial charge in [0.1, 0.15) is 6.10 Å². The van der Waals surface area contributed by atoms with Crippen molar-refractivity contribution in [3.63, 3.8) is 0 Å². The maximum atomic E-state index is 13.5. The van der Waals surface area contributed by atoms with E-state index >= 15 is 0 Å². The van der Waals surface area contributed by atoms with Crippen LogP contribution in [-0.2, 0) is 30.7 Å². The molecule has 2 fully saturated rings. The molecule has 2 saturated heterocycles. The van der Waals surface area contributed by atoms with Crippen LogP contribution in [0.25, 0.3) is 0 Å². The minimum absolute atomic E-state index is 0.0870. The number of aryl methyl sites for hydroxylation is 1. The average Bonchev–Trinajstić information content (AvgIpc) is 3.45. The van der Waals surface area contributed by atoms with Crippen molar-refractivity contribution in [1.29, 1.82) is 0 Å². The van der Waals surface area contributed by atoms with Gasteiger partial charge in [0.2, 0.25) is 14.8 Å². The zero-order valence-electron chi connectivity index (χ0n) is 17.1. The maximum absolute atomic E-state index is 13.5. The van der Waals surface area contributed by atoms with Crippen molar-refractivity contribution < 1.29 is 27.7 Å². The van der Waals surface area contributed by atoms with Crippen LogP contribution in [0.1, 0.15) is 30.4 Å². The third-order valence-corrected chi connectivity index (χ3v) is 8.16. The summed E-state index contributed by atoms with van der Waals surface area (Å²) >= 11 is 0. The van der Waals surface area contributed by atoms with Gasteiger partial charge in [-0.2, -0.15) is 0 Å². The first-order valence-corrected chi connectivity index (χ1v) is 11.8. The molecule has 6 nitrogen and oxygen atoms in total. The van der Waals surface area contributed by atoms with E-state index in [9.17, 15) is 13.5 Å². The smallest absolute Gasteiger partial charge is 0.210 e. The van der Waals surface area contributed by atoms with Crippen LogP contribution < -0.4 is 0 Å². The first-order valence-electron chi connectivity index (χ1n) is 10.3. The third kappa shape index (κ3) is 4.31. The van der Waals surface area contributed by atoms with Crippen molar-refractivity contribution >= 4 is 9.84 Å². The van der Waals surface area contributed by atoms with Crippen LogP contribution in [0.2, 0.25) is 0 Å². The molecule has 2 aromatic carbocycles. The second-order valence-electron chi connectivity index (χ2n) is 8.06. The summed E-state index contributed by atoms with van der Waals surface area (Å²) in [5.41, 5.74) is 1.99. The number of sulfone groups is 1. The van der Waals surface area contributed by atoms with Gasteiger partial charge >= 0.3 is 0 Å². The van der Waals surface area contributed by atoms with Crippen molar-refractivity contribution in [2.24, 2.45) is 0 Å². The molecule has 4 rings (SSSR count). The Morgan fingerprint density at radius 1 is 1.13 bits per heavy atom. The van der Waals surface area contributed by atoms with Gasteiger partial charge in [0.05, 0.1) is 30.3 Å². The number of epoxide rings is 1. The summed E-state index contributed by atoms with van der Waals surface area (Å²) in [5, 5.41) is 10.3. The van der Waals surface area contributed by atoms with Gasteiger partial charge < -0.3 is 19.3 Å². The van der Waals surface area contributed by atoms with E-state index in [1.807, 2.05) is 37.3 Å². The van der Waals surface area contributed by atoms with Gasteiger partial charge in [-0.05, 0) is 37.5 Å². The summed E-state index contributed by atoms with van der Waals surface area (Å²) in [7, 11) is -3.80. The predicted molar refractivity (Wildman–Crippen MR) is 112 cm³/mol. The van der Waals surface area contributed by atoms with Crippen LogP contribution in [-0.4, -0.2) is 50.0 Å². The maximum Gasteiger partial charge on any atom is 0.210 e. The van der Waals surface area contributed by atoms with Crippen molar-refractivity contribution in [3.8, 4) is 0 Å². The van der Waals surface area contributed by atoms with Gasteiger partial charge in [-0.25, -0.2) is 8.42 Å². The molecule has 0 amide bonds. The first kappa shape index (κ1) is 21.5. The second kappa shape index (κ2) is 8.77. The first-order chi connectivity index (χ1) is 14.4. The van der Waals surface area contributed by atoms with Gasteiger partial charge in [0.25, 0.3) is 0 Å². The monoisotopic (exact) mass is 432 g/mol. The van der Waals surface area contributed by atoms with E-state index in [1.165, 1.54) is 0 Å². The SMILES string of the molecule is Cc1ccc(S(=O)(=O)[C@]2(C[C@H]3OCCC[C@@H]3O)O[C@H]2COCc2ccccc2)cc1. The molecule has 7 heteroatoms. The Morgan fingerprint density at radius 3 is 2.57 bits per heavy atom.